The van der Waals surface area contributed by atoms with Crippen LogP contribution >= 0.6 is 0 Å². The molecule has 5 rings (SSSR count). The van der Waals surface area contributed by atoms with Crippen molar-refractivity contribution in [3.63, 3.8) is 0 Å². The van der Waals surface area contributed by atoms with Crippen LogP contribution in [-0.2, 0) is 12.0 Å². The number of imidazole rings is 1. The van der Waals surface area contributed by atoms with Gasteiger partial charge in [0.15, 0.2) is 5.82 Å². The molecule has 0 saturated carbocycles. The Labute approximate surface area is 220 Å². The lowest BCUT2D eigenvalue weighted by Gasteiger charge is -2.27. The van der Waals surface area contributed by atoms with E-state index in [4.69, 9.17) is 4.74 Å². The van der Waals surface area contributed by atoms with E-state index in [0.717, 1.165) is 5.56 Å². The highest BCUT2D eigenvalue weighted by atomic mass is 19.4. The molecule has 0 saturated heterocycles. The average Bonchev–Trinajstić information content (AvgIpc) is 3.42. The monoisotopic (exact) mass is 547 g/mol. The van der Waals surface area contributed by atoms with Gasteiger partial charge in [-0.2, -0.15) is 22.0 Å². The number of rotatable bonds is 7. The summed E-state index contributed by atoms with van der Waals surface area (Å²) in [4.78, 5) is 13.2. The van der Waals surface area contributed by atoms with Crippen LogP contribution in [0.1, 0.15) is 55.1 Å². The molecule has 0 aliphatic carbocycles. The standard InChI is InChI=1S/C27H26F5N5O2/c1-26(2,38)24-34-12-15(13-35-24)14-7-8-17-19(11-14)37-18(9-10-21(37)36-17)22-16(23(33-3)27(30,31)32)5-4-6-20(22)39-25(28)29/h4-8,11-13,18,23,25,33,38H,9-10H2,1-3H3/t18-,23+/m1/s1. The zero-order valence-electron chi connectivity index (χ0n) is 21.3. The second kappa shape index (κ2) is 9.83. The zero-order chi connectivity index (χ0) is 28.1. The minimum Gasteiger partial charge on any atom is -0.434 e. The van der Waals surface area contributed by atoms with Crippen molar-refractivity contribution in [3.05, 3.63) is 71.6 Å². The van der Waals surface area contributed by atoms with E-state index in [1.165, 1.54) is 25.2 Å². The van der Waals surface area contributed by atoms with Crippen molar-refractivity contribution in [2.24, 2.45) is 0 Å². The fourth-order valence-corrected chi connectivity index (χ4v) is 5.17. The summed E-state index contributed by atoms with van der Waals surface area (Å²) in [5.74, 6) is 0.578. The number of fused-ring (bicyclic) bond motifs is 3. The molecule has 0 spiro atoms. The van der Waals surface area contributed by atoms with E-state index in [0.29, 0.717) is 35.3 Å². The SMILES string of the molecule is CN[C@@H](c1cccc(OC(F)F)c1[C@H]1CCc2nc3ccc(-c4cnc(C(C)(C)O)nc4)cc3n21)C(F)(F)F. The molecule has 2 aromatic carbocycles. The van der Waals surface area contributed by atoms with E-state index < -0.39 is 30.5 Å². The molecule has 1 aliphatic rings. The molecule has 2 aromatic heterocycles. The van der Waals surface area contributed by atoms with Crippen molar-refractivity contribution in [1.82, 2.24) is 24.8 Å². The number of nitrogens with zero attached hydrogens (tertiary/aromatic N) is 4. The summed E-state index contributed by atoms with van der Waals surface area (Å²) in [7, 11) is 1.17. The Hall–Kier alpha value is -3.64. The first-order valence-electron chi connectivity index (χ1n) is 12.3. The number of nitrogens with one attached hydrogen (secondary N) is 1. The van der Waals surface area contributed by atoms with Gasteiger partial charge in [0.05, 0.1) is 17.1 Å². The van der Waals surface area contributed by atoms with Gasteiger partial charge in [-0.15, -0.1) is 0 Å². The number of aryl methyl sites for hydroxylation is 1. The highest BCUT2D eigenvalue weighted by Gasteiger charge is 2.43. The highest BCUT2D eigenvalue weighted by molar-refractivity contribution is 5.83. The molecule has 2 atom stereocenters. The largest absolute Gasteiger partial charge is 0.434 e. The Morgan fingerprint density at radius 1 is 1.08 bits per heavy atom. The summed E-state index contributed by atoms with van der Waals surface area (Å²) in [6.07, 6.45) is -0.725. The number of aromatic nitrogens is 4. The molecule has 3 heterocycles. The number of benzene rings is 2. The molecule has 206 valence electrons. The molecule has 0 bridgehead atoms. The summed E-state index contributed by atoms with van der Waals surface area (Å²) >= 11 is 0. The predicted molar refractivity (Wildman–Crippen MR) is 133 cm³/mol. The molecule has 2 N–H and O–H groups in total. The van der Waals surface area contributed by atoms with Gasteiger partial charge in [-0.3, -0.25) is 0 Å². The second-order valence-electron chi connectivity index (χ2n) is 9.91. The molecule has 0 amide bonds. The minimum atomic E-state index is -4.67. The molecule has 12 heteroatoms. The zero-order valence-corrected chi connectivity index (χ0v) is 21.3. The first-order chi connectivity index (χ1) is 18.4. The summed E-state index contributed by atoms with van der Waals surface area (Å²) in [5.41, 5.74) is 1.26. The molecule has 39 heavy (non-hydrogen) atoms. The van der Waals surface area contributed by atoms with Crippen molar-refractivity contribution in [2.45, 2.75) is 57.2 Å². The van der Waals surface area contributed by atoms with Gasteiger partial charge in [-0.05, 0) is 56.6 Å². The maximum absolute atomic E-state index is 14.0. The summed E-state index contributed by atoms with van der Waals surface area (Å²) < 4.78 is 75.3. The lowest BCUT2D eigenvalue weighted by Crippen LogP contribution is -2.33. The van der Waals surface area contributed by atoms with Crippen LogP contribution in [0.3, 0.4) is 0 Å². The van der Waals surface area contributed by atoms with Gasteiger partial charge < -0.3 is 19.7 Å². The lowest BCUT2D eigenvalue weighted by atomic mass is 9.92. The second-order valence-corrected chi connectivity index (χ2v) is 9.91. The third kappa shape index (κ3) is 5.06. The number of alkyl halides is 5. The maximum atomic E-state index is 14.0. The van der Waals surface area contributed by atoms with Gasteiger partial charge in [-0.25, -0.2) is 15.0 Å². The smallest absolute Gasteiger partial charge is 0.407 e. The van der Waals surface area contributed by atoms with E-state index in [1.54, 1.807) is 36.9 Å². The molecular formula is C27H26F5N5O2. The van der Waals surface area contributed by atoms with Crippen molar-refractivity contribution in [2.75, 3.05) is 7.05 Å². The van der Waals surface area contributed by atoms with Crippen molar-refractivity contribution in [1.29, 1.82) is 0 Å². The molecule has 0 radical (unpaired) electrons. The number of aliphatic hydroxyl groups is 1. The summed E-state index contributed by atoms with van der Waals surface area (Å²) in [6.45, 7) is -0.0624. The van der Waals surface area contributed by atoms with Crippen LogP contribution in [0.5, 0.6) is 5.75 Å². The fourth-order valence-electron chi connectivity index (χ4n) is 5.17. The fraction of sp³-hybridized carbons (Fsp3) is 0.370. The first kappa shape index (κ1) is 26.9. The van der Waals surface area contributed by atoms with Gasteiger partial charge in [0.2, 0.25) is 0 Å². The van der Waals surface area contributed by atoms with Gasteiger partial charge in [-0.1, -0.05) is 18.2 Å². The van der Waals surface area contributed by atoms with Gasteiger partial charge in [0, 0.05) is 29.9 Å². The first-order valence-corrected chi connectivity index (χ1v) is 12.3. The number of hydrogen-bond donors (Lipinski definition) is 2. The number of hydrogen-bond acceptors (Lipinski definition) is 6. The topological polar surface area (TPSA) is 85.1 Å². The van der Waals surface area contributed by atoms with Crippen LogP contribution in [-0.4, -0.2) is 44.5 Å². The lowest BCUT2D eigenvalue weighted by molar-refractivity contribution is -0.156. The van der Waals surface area contributed by atoms with Crippen molar-refractivity contribution >= 4 is 11.0 Å². The third-order valence-electron chi connectivity index (χ3n) is 6.82. The molecule has 7 nitrogen and oxygen atoms in total. The van der Waals surface area contributed by atoms with Crippen LogP contribution < -0.4 is 10.1 Å². The molecule has 0 unspecified atom stereocenters. The Morgan fingerprint density at radius 2 is 1.79 bits per heavy atom. The maximum Gasteiger partial charge on any atom is 0.407 e. The Balaban J connectivity index is 1.65. The van der Waals surface area contributed by atoms with Crippen LogP contribution in [0.4, 0.5) is 22.0 Å². The molecule has 0 fully saturated rings. The van der Waals surface area contributed by atoms with Crippen LogP contribution in [0.15, 0.2) is 48.8 Å². The van der Waals surface area contributed by atoms with Crippen molar-refractivity contribution < 1.29 is 31.8 Å². The predicted octanol–water partition coefficient (Wildman–Crippen LogP) is 5.68. The normalized spacial score (nSPS) is 16.6. The van der Waals surface area contributed by atoms with Crippen LogP contribution in [0.25, 0.3) is 22.2 Å². The van der Waals surface area contributed by atoms with Crippen LogP contribution in [0, 0.1) is 0 Å². The van der Waals surface area contributed by atoms with Crippen molar-refractivity contribution in [3.8, 4) is 16.9 Å². The molecule has 4 aromatic rings. The van der Waals surface area contributed by atoms with E-state index in [9.17, 15) is 27.1 Å². The molecular weight excluding hydrogens is 521 g/mol. The summed E-state index contributed by atoms with van der Waals surface area (Å²) in [6, 6.07) is 6.44. The number of ether oxygens (including phenoxy) is 1. The summed E-state index contributed by atoms with van der Waals surface area (Å²) in [5, 5.41) is 12.4. The quantitative estimate of drug-likeness (QED) is 0.290. The Kier molecular flexibility index (Phi) is 6.79. The van der Waals surface area contributed by atoms with E-state index in [-0.39, 0.29) is 22.7 Å². The van der Waals surface area contributed by atoms with E-state index >= 15 is 0 Å². The number of halogens is 5. The highest BCUT2D eigenvalue weighted by Crippen LogP contribution is 2.46. The molecule has 1 aliphatic heterocycles. The van der Waals surface area contributed by atoms with Gasteiger partial charge in [0.25, 0.3) is 0 Å². The van der Waals surface area contributed by atoms with E-state index in [1.807, 2.05) is 12.1 Å². The Morgan fingerprint density at radius 3 is 2.41 bits per heavy atom. The van der Waals surface area contributed by atoms with Gasteiger partial charge >= 0.3 is 12.8 Å². The van der Waals surface area contributed by atoms with Gasteiger partial charge in [0.1, 0.15) is 23.2 Å². The average molecular weight is 548 g/mol. The minimum absolute atomic E-state index is 0.0378. The van der Waals surface area contributed by atoms with E-state index in [2.05, 4.69) is 20.3 Å². The third-order valence-corrected chi connectivity index (χ3v) is 6.82. The Bertz CT molecular complexity index is 1500. The van der Waals surface area contributed by atoms with Crippen LogP contribution in [0.2, 0.25) is 0 Å².